The number of nitrogens with zero attached hydrogens (tertiary/aromatic N) is 3. The van der Waals surface area contributed by atoms with Crippen molar-refractivity contribution in [1.29, 1.82) is 0 Å². The van der Waals surface area contributed by atoms with Gasteiger partial charge in [0.1, 0.15) is 11.4 Å². The number of carbonyl (C=O) groups excluding carboxylic acids is 1. The lowest BCUT2D eigenvalue weighted by molar-refractivity contribution is -0.116. The van der Waals surface area contributed by atoms with Crippen molar-refractivity contribution >= 4 is 44.5 Å². The molecule has 4 heterocycles. The third-order valence-electron chi connectivity index (χ3n) is 6.18. The van der Waals surface area contributed by atoms with Gasteiger partial charge in [-0.25, -0.2) is 4.98 Å². The molecule has 0 aliphatic carbocycles. The van der Waals surface area contributed by atoms with Crippen LogP contribution in [0.5, 0.6) is 0 Å². The number of nitrogens with one attached hydrogen (secondary N) is 1. The highest BCUT2D eigenvalue weighted by Crippen LogP contribution is 2.33. The van der Waals surface area contributed by atoms with Crippen LogP contribution in [0.1, 0.15) is 25.3 Å². The van der Waals surface area contributed by atoms with E-state index in [1.54, 1.807) is 11.3 Å². The van der Waals surface area contributed by atoms with Crippen molar-refractivity contribution < 1.29 is 4.79 Å². The Morgan fingerprint density at radius 3 is 2.67 bits per heavy atom. The number of thiophene rings is 2. The van der Waals surface area contributed by atoms with E-state index in [-0.39, 0.29) is 18.0 Å². The van der Waals surface area contributed by atoms with E-state index >= 15 is 0 Å². The molecule has 0 bridgehead atoms. The van der Waals surface area contributed by atoms with Gasteiger partial charge in [-0.1, -0.05) is 25.1 Å². The van der Waals surface area contributed by atoms with E-state index in [1.165, 1.54) is 40.6 Å². The first-order valence-electron chi connectivity index (χ1n) is 11.2. The predicted octanol–water partition coefficient (Wildman–Crippen LogP) is 5.06. The Hall–Kier alpha value is -2.81. The molecule has 3 aromatic heterocycles. The fourth-order valence-corrected chi connectivity index (χ4v) is 5.94. The number of anilines is 1. The molecule has 0 radical (unpaired) electrons. The summed E-state index contributed by atoms with van der Waals surface area (Å²) in [7, 11) is 0. The van der Waals surface area contributed by atoms with Gasteiger partial charge in [-0.3, -0.25) is 19.1 Å². The largest absolute Gasteiger partial charge is 0.325 e. The second kappa shape index (κ2) is 9.59. The van der Waals surface area contributed by atoms with Crippen LogP contribution in [0.25, 0.3) is 20.7 Å². The molecule has 170 valence electrons. The van der Waals surface area contributed by atoms with Crippen molar-refractivity contribution in [3.05, 3.63) is 69.4 Å². The summed E-state index contributed by atoms with van der Waals surface area (Å²) in [5.41, 5.74) is 2.67. The zero-order valence-electron chi connectivity index (χ0n) is 18.5. The summed E-state index contributed by atoms with van der Waals surface area (Å²) in [6, 6.07) is 11.9. The lowest BCUT2D eigenvalue weighted by Crippen LogP contribution is -2.32. The van der Waals surface area contributed by atoms with Crippen LogP contribution in [0.4, 0.5) is 5.69 Å². The first-order chi connectivity index (χ1) is 16.1. The molecular weight excluding hydrogens is 452 g/mol. The molecular formula is C25H26N4O2S2. The van der Waals surface area contributed by atoms with Crippen LogP contribution in [-0.4, -0.2) is 33.4 Å². The number of hydrogen-bond donors (Lipinski definition) is 1. The van der Waals surface area contributed by atoms with Crippen LogP contribution in [0.15, 0.2) is 58.3 Å². The summed E-state index contributed by atoms with van der Waals surface area (Å²) in [5, 5.41) is 7.43. The average Bonchev–Trinajstić information content (AvgIpc) is 3.49. The highest BCUT2D eigenvalue weighted by Gasteiger charge is 2.17. The molecule has 33 heavy (non-hydrogen) atoms. The standard InChI is InChI=1S/C25H26N4O2S2/c1-17-8-10-28(11-9-17)13-18-4-6-19(7-5-18)27-22(30)14-29-16-26-24-23(25(29)31)20(15-33-24)21-3-2-12-32-21/h2-7,12,15-17H,8-11,13-14H2,1H3,(H,27,30). The molecule has 1 aromatic carbocycles. The monoisotopic (exact) mass is 478 g/mol. The van der Waals surface area contributed by atoms with E-state index in [0.717, 1.165) is 41.7 Å². The van der Waals surface area contributed by atoms with Gasteiger partial charge in [-0.15, -0.1) is 22.7 Å². The number of fused-ring (bicyclic) bond motifs is 1. The molecule has 1 aliphatic heterocycles. The lowest BCUT2D eigenvalue weighted by atomic mass is 9.99. The Labute approximate surface area is 200 Å². The predicted molar refractivity (Wildman–Crippen MR) is 136 cm³/mol. The number of piperidine rings is 1. The summed E-state index contributed by atoms with van der Waals surface area (Å²) >= 11 is 3.03. The van der Waals surface area contributed by atoms with Crippen molar-refractivity contribution in [2.45, 2.75) is 32.9 Å². The van der Waals surface area contributed by atoms with Crippen molar-refractivity contribution in [3.63, 3.8) is 0 Å². The summed E-state index contributed by atoms with van der Waals surface area (Å²) < 4.78 is 1.38. The number of aromatic nitrogens is 2. The SMILES string of the molecule is CC1CCN(Cc2ccc(NC(=O)Cn3cnc4scc(-c5cccs5)c4c3=O)cc2)CC1. The smallest absolute Gasteiger partial charge is 0.263 e. The number of amides is 1. The van der Waals surface area contributed by atoms with Gasteiger partial charge in [-0.2, -0.15) is 0 Å². The van der Waals surface area contributed by atoms with Crippen LogP contribution in [-0.2, 0) is 17.9 Å². The molecule has 1 saturated heterocycles. The minimum atomic E-state index is -0.246. The minimum absolute atomic E-state index is 0.0742. The minimum Gasteiger partial charge on any atom is -0.325 e. The summed E-state index contributed by atoms with van der Waals surface area (Å²) in [6.07, 6.45) is 3.98. The first-order valence-corrected chi connectivity index (χ1v) is 12.9. The van der Waals surface area contributed by atoms with E-state index in [0.29, 0.717) is 10.2 Å². The fraction of sp³-hybridized carbons (Fsp3) is 0.320. The number of carbonyl (C=O) groups is 1. The summed E-state index contributed by atoms with van der Waals surface area (Å²) in [5.74, 6) is 0.577. The highest BCUT2D eigenvalue weighted by atomic mass is 32.1. The second-order valence-electron chi connectivity index (χ2n) is 8.69. The molecule has 6 nitrogen and oxygen atoms in total. The molecule has 0 spiro atoms. The van der Waals surface area contributed by atoms with E-state index in [4.69, 9.17) is 0 Å². The zero-order valence-corrected chi connectivity index (χ0v) is 20.1. The van der Waals surface area contributed by atoms with Gasteiger partial charge in [0.25, 0.3) is 5.56 Å². The highest BCUT2D eigenvalue weighted by molar-refractivity contribution is 7.18. The van der Waals surface area contributed by atoms with Gasteiger partial charge in [0, 0.05) is 28.1 Å². The Balaban J connectivity index is 1.25. The van der Waals surface area contributed by atoms with Gasteiger partial charge in [-0.05, 0) is 61.0 Å². The number of hydrogen-bond acceptors (Lipinski definition) is 6. The topological polar surface area (TPSA) is 67.2 Å². The van der Waals surface area contributed by atoms with Crippen molar-refractivity contribution in [1.82, 2.24) is 14.5 Å². The molecule has 0 atom stereocenters. The van der Waals surface area contributed by atoms with Crippen LogP contribution >= 0.6 is 22.7 Å². The molecule has 4 aromatic rings. The lowest BCUT2D eigenvalue weighted by Gasteiger charge is -2.30. The van der Waals surface area contributed by atoms with E-state index in [2.05, 4.69) is 34.3 Å². The van der Waals surface area contributed by atoms with E-state index in [1.807, 2.05) is 35.0 Å². The van der Waals surface area contributed by atoms with Crippen LogP contribution < -0.4 is 10.9 Å². The normalized spacial score (nSPS) is 15.2. The van der Waals surface area contributed by atoms with Crippen LogP contribution in [0.2, 0.25) is 0 Å². The quantitative estimate of drug-likeness (QED) is 0.421. The van der Waals surface area contributed by atoms with Gasteiger partial charge < -0.3 is 5.32 Å². The van der Waals surface area contributed by atoms with Crippen molar-refractivity contribution in [3.8, 4) is 10.4 Å². The van der Waals surface area contributed by atoms with Gasteiger partial charge >= 0.3 is 0 Å². The molecule has 1 fully saturated rings. The maximum atomic E-state index is 13.1. The maximum Gasteiger partial charge on any atom is 0.263 e. The zero-order chi connectivity index (χ0) is 22.8. The number of rotatable bonds is 6. The Morgan fingerprint density at radius 1 is 1.15 bits per heavy atom. The van der Waals surface area contributed by atoms with Crippen LogP contribution in [0.3, 0.4) is 0 Å². The Kier molecular flexibility index (Phi) is 6.39. The Bertz CT molecular complexity index is 1300. The van der Waals surface area contributed by atoms with Gasteiger partial charge in [0.15, 0.2) is 0 Å². The Morgan fingerprint density at radius 2 is 1.94 bits per heavy atom. The first kappa shape index (κ1) is 22.0. The summed E-state index contributed by atoms with van der Waals surface area (Å²) in [6.45, 7) is 5.47. The molecule has 0 saturated carbocycles. The third-order valence-corrected chi connectivity index (χ3v) is 7.97. The molecule has 1 aliphatic rings. The molecule has 5 rings (SSSR count). The van der Waals surface area contributed by atoms with E-state index in [9.17, 15) is 9.59 Å². The second-order valence-corrected chi connectivity index (χ2v) is 10.5. The van der Waals surface area contributed by atoms with Crippen molar-refractivity contribution in [2.75, 3.05) is 18.4 Å². The fourth-order valence-electron chi connectivity index (χ4n) is 4.22. The number of benzene rings is 1. The third kappa shape index (κ3) is 4.93. The average molecular weight is 479 g/mol. The van der Waals surface area contributed by atoms with E-state index < -0.39 is 0 Å². The maximum absolute atomic E-state index is 13.1. The van der Waals surface area contributed by atoms with Crippen LogP contribution in [0, 0.1) is 5.92 Å². The molecule has 1 N–H and O–H groups in total. The van der Waals surface area contributed by atoms with Gasteiger partial charge in [0.05, 0.1) is 11.7 Å². The van der Waals surface area contributed by atoms with Gasteiger partial charge in [0.2, 0.25) is 5.91 Å². The molecule has 1 amide bonds. The molecule has 0 unspecified atom stereocenters. The van der Waals surface area contributed by atoms with Crippen molar-refractivity contribution in [2.24, 2.45) is 5.92 Å². The molecule has 8 heteroatoms. The number of likely N-dealkylation sites (tertiary alicyclic amines) is 1. The summed E-state index contributed by atoms with van der Waals surface area (Å²) in [4.78, 5) is 34.4.